The van der Waals surface area contributed by atoms with Crippen LogP contribution in [0.15, 0.2) is 95.2 Å². The molecule has 50 heavy (non-hydrogen) atoms. The molecule has 0 radical (unpaired) electrons. The standard InChI is InChI=1S/2C18H20N4O3/c1-24-15-8-9-16(20-10-15)17(23)21-13-5-2-12(3-6-13)4-7-14-11-25-18(19)22-14;1-24-17-15(3-2-10-20-17)16(23)21-13-7-4-12(5-8-13)6-9-14-11-25-18(19)22-14/h2-3,5-6,8-10,14H,4,7,11H2,1H3,(H2,19,22)(H,21,23);2-5,7-8,10,14H,6,9,11H2,1H3,(H2,19,22)(H,21,23)/t2*14-/m00/s1. The Labute approximate surface area is 289 Å². The number of aromatic nitrogens is 2. The molecule has 6 N–H and O–H groups in total. The summed E-state index contributed by atoms with van der Waals surface area (Å²) >= 11 is 0. The van der Waals surface area contributed by atoms with E-state index < -0.39 is 0 Å². The van der Waals surface area contributed by atoms with Crippen LogP contribution in [0.5, 0.6) is 11.6 Å². The van der Waals surface area contributed by atoms with E-state index in [1.165, 1.54) is 18.9 Å². The molecule has 2 amide bonds. The van der Waals surface area contributed by atoms with Crippen molar-refractivity contribution >= 4 is 35.2 Å². The minimum absolute atomic E-state index is 0.123. The van der Waals surface area contributed by atoms with Gasteiger partial charge in [-0.15, -0.1) is 0 Å². The number of rotatable bonds is 12. The first-order valence-corrected chi connectivity index (χ1v) is 16.0. The molecule has 6 rings (SSSR count). The van der Waals surface area contributed by atoms with Crippen LogP contribution >= 0.6 is 0 Å². The van der Waals surface area contributed by atoms with Crippen LogP contribution in [0, 0.1) is 0 Å². The van der Waals surface area contributed by atoms with Crippen molar-refractivity contribution in [3.63, 3.8) is 0 Å². The van der Waals surface area contributed by atoms with Crippen molar-refractivity contribution in [1.29, 1.82) is 0 Å². The summed E-state index contributed by atoms with van der Waals surface area (Å²) in [6, 6.07) is 22.9. The molecule has 2 aromatic heterocycles. The third kappa shape index (κ3) is 10.2. The molecule has 4 aromatic rings. The number of hydrogen-bond donors (Lipinski definition) is 4. The van der Waals surface area contributed by atoms with Gasteiger partial charge in [-0.25, -0.2) is 20.0 Å². The number of ether oxygens (including phenoxy) is 4. The molecule has 4 heterocycles. The predicted octanol–water partition coefficient (Wildman–Crippen LogP) is 3.98. The van der Waals surface area contributed by atoms with Gasteiger partial charge < -0.3 is 41.0 Å². The first-order valence-electron chi connectivity index (χ1n) is 16.0. The van der Waals surface area contributed by atoms with Crippen molar-refractivity contribution in [3.05, 3.63) is 108 Å². The number of benzene rings is 2. The number of pyridine rings is 2. The summed E-state index contributed by atoms with van der Waals surface area (Å²) < 4.78 is 20.4. The number of anilines is 2. The number of nitrogens with two attached hydrogens (primary N) is 2. The lowest BCUT2D eigenvalue weighted by Gasteiger charge is -2.09. The van der Waals surface area contributed by atoms with Gasteiger partial charge in [-0.05, 0) is 85.3 Å². The molecule has 0 unspecified atom stereocenters. The fourth-order valence-electron chi connectivity index (χ4n) is 5.10. The van der Waals surface area contributed by atoms with Crippen molar-refractivity contribution in [2.75, 3.05) is 38.1 Å². The molecule has 0 fully saturated rings. The highest BCUT2D eigenvalue weighted by Crippen LogP contribution is 2.19. The summed E-state index contributed by atoms with van der Waals surface area (Å²) in [5, 5.41) is 5.67. The minimum atomic E-state index is -0.261. The Kier molecular flexibility index (Phi) is 12.1. The molecular weight excluding hydrogens is 640 g/mol. The maximum Gasteiger partial charge on any atom is 0.282 e. The first kappa shape index (κ1) is 35.1. The Balaban J connectivity index is 0.000000194. The summed E-state index contributed by atoms with van der Waals surface area (Å²) in [5.74, 6) is 0.392. The SMILES string of the molecule is COc1ccc(C(=O)Nc2ccc(CC[C@H]3COC(N)=N3)cc2)nc1.COc1ncccc1C(=O)Nc1ccc(CC[C@H]2COC(N)=N2)cc1. The van der Waals surface area contributed by atoms with E-state index in [-0.39, 0.29) is 35.9 Å². The van der Waals surface area contributed by atoms with Crippen LogP contribution in [0.1, 0.15) is 44.8 Å². The molecule has 0 saturated heterocycles. The van der Waals surface area contributed by atoms with Crippen molar-refractivity contribution in [2.45, 2.75) is 37.8 Å². The zero-order valence-corrected chi connectivity index (χ0v) is 27.9. The van der Waals surface area contributed by atoms with E-state index in [2.05, 4.69) is 30.6 Å². The molecule has 2 aliphatic heterocycles. The van der Waals surface area contributed by atoms with E-state index in [1.807, 2.05) is 48.5 Å². The topological polar surface area (TPSA) is 198 Å². The van der Waals surface area contributed by atoms with Crippen LogP contribution in [0.25, 0.3) is 0 Å². The van der Waals surface area contributed by atoms with Crippen LogP contribution in [0.2, 0.25) is 0 Å². The van der Waals surface area contributed by atoms with Crippen LogP contribution in [0.3, 0.4) is 0 Å². The van der Waals surface area contributed by atoms with Crippen molar-refractivity contribution in [3.8, 4) is 11.6 Å². The first-order chi connectivity index (χ1) is 24.3. The second-order valence-electron chi connectivity index (χ2n) is 11.4. The van der Waals surface area contributed by atoms with Gasteiger partial charge in [-0.1, -0.05) is 24.3 Å². The Morgan fingerprint density at radius 3 is 1.76 bits per heavy atom. The molecule has 2 aliphatic rings. The quantitative estimate of drug-likeness (QED) is 0.170. The number of hydrogen-bond acceptors (Lipinski definition) is 12. The number of amidine groups is 2. The van der Waals surface area contributed by atoms with Crippen molar-refractivity contribution in [1.82, 2.24) is 9.97 Å². The Bertz CT molecular complexity index is 1800. The normalized spacial score (nSPS) is 16.0. The molecular formula is C36H40N8O6. The monoisotopic (exact) mass is 680 g/mol. The van der Waals surface area contributed by atoms with E-state index in [0.717, 1.165) is 36.9 Å². The third-order valence-electron chi connectivity index (χ3n) is 7.84. The Morgan fingerprint density at radius 2 is 1.30 bits per heavy atom. The highest BCUT2D eigenvalue weighted by atomic mass is 16.5. The molecule has 2 atom stereocenters. The Hall–Kier alpha value is -6.18. The molecule has 0 spiro atoms. The van der Waals surface area contributed by atoms with E-state index in [0.29, 0.717) is 41.8 Å². The fourth-order valence-corrected chi connectivity index (χ4v) is 5.10. The van der Waals surface area contributed by atoms with Gasteiger partial charge in [-0.2, -0.15) is 0 Å². The van der Waals surface area contributed by atoms with Crippen molar-refractivity contribution < 1.29 is 28.5 Å². The van der Waals surface area contributed by atoms with Gasteiger partial charge in [-0.3, -0.25) is 9.59 Å². The lowest BCUT2D eigenvalue weighted by atomic mass is 10.1. The molecule has 14 heteroatoms. The number of nitrogens with zero attached hydrogens (tertiary/aromatic N) is 4. The number of carbonyl (C=O) groups excluding carboxylic acids is 2. The maximum atomic E-state index is 12.3. The number of carbonyl (C=O) groups is 2. The zero-order chi connectivity index (χ0) is 35.3. The minimum Gasteiger partial charge on any atom is -0.495 e. The summed E-state index contributed by atoms with van der Waals surface area (Å²) in [7, 11) is 3.04. The largest absolute Gasteiger partial charge is 0.495 e. The van der Waals surface area contributed by atoms with Gasteiger partial charge in [0.15, 0.2) is 0 Å². The fraction of sp³-hybridized carbons (Fsp3) is 0.278. The molecule has 14 nitrogen and oxygen atoms in total. The van der Waals surface area contributed by atoms with Gasteiger partial charge in [0.2, 0.25) is 5.88 Å². The average molecular weight is 681 g/mol. The summed E-state index contributed by atoms with van der Waals surface area (Å²) in [6.45, 7) is 1.10. The average Bonchev–Trinajstić information content (AvgIpc) is 3.78. The molecule has 0 saturated carbocycles. The molecule has 2 aromatic carbocycles. The predicted molar refractivity (Wildman–Crippen MR) is 190 cm³/mol. The van der Waals surface area contributed by atoms with Crippen LogP contribution in [0.4, 0.5) is 11.4 Å². The van der Waals surface area contributed by atoms with E-state index in [9.17, 15) is 9.59 Å². The van der Waals surface area contributed by atoms with Gasteiger partial charge in [0.25, 0.3) is 23.9 Å². The van der Waals surface area contributed by atoms with Crippen molar-refractivity contribution in [2.24, 2.45) is 21.5 Å². The second kappa shape index (κ2) is 17.3. The zero-order valence-electron chi connectivity index (χ0n) is 27.9. The lowest BCUT2D eigenvalue weighted by Crippen LogP contribution is -2.13. The highest BCUT2D eigenvalue weighted by Gasteiger charge is 2.18. The Morgan fingerprint density at radius 1 is 0.740 bits per heavy atom. The van der Waals surface area contributed by atoms with Gasteiger partial charge in [0, 0.05) is 17.6 Å². The van der Waals surface area contributed by atoms with Crippen LogP contribution in [-0.4, -0.2) is 73.3 Å². The van der Waals surface area contributed by atoms with E-state index in [4.69, 9.17) is 30.4 Å². The third-order valence-corrected chi connectivity index (χ3v) is 7.84. The summed E-state index contributed by atoms with van der Waals surface area (Å²) in [4.78, 5) is 41.0. The van der Waals surface area contributed by atoms with E-state index in [1.54, 1.807) is 37.6 Å². The molecule has 0 aliphatic carbocycles. The molecule has 260 valence electrons. The van der Waals surface area contributed by atoms with E-state index >= 15 is 0 Å². The maximum absolute atomic E-state index is 12.3. The van der Waals surface area contributed by atoms with Crippen LogP contribution < -0.4 is 31.6 Å². The second-order valence-corrected chi connectivity index (χ2v) is 11.4. The smallest absolute Gasteiger partial charge is 0.282 e. The van der Waals surface area contributed by atoms with Crippen LogP contribution in [-0.2, 0) is 22.3 Å². The number of nitrogens with one attached hydrogen (secondary N) is 2. The van der Waals surface area contributed by atoms with Gasteiger partial charge in [0.05, 0.1) is 32.5 Å². The number of aryl methyl sites for hydroxylation is 2. The number of amides is 2. The number of methoxy groups -OCH3 is 2. The lowest BCUT2D eigenvalue weighted by molar-refractivity contribution is 0.101. The highest BCUT2D eigenvalue weighted by molar-refractivity contribution is 6.05. The van der Waals surface area contributed by atoms with Gasteiger partial charge >= 0.3 is 0 Å². The molecule has 0 bridgehead atoms. The summed E-state index contributed by atoms with van der Waals surface area (Å²) in [5.41, 5.74) is 15.5. The summed E-state index contributed by atoms with van der Waals surface area (Å²) in [6.07, 6.45) is 6.59. The van der Waals surface area contributed by atoms with Gasteiger partial charge in [0.1, 0.15) is 30.2 Å². The number of aliphatic imine (C=N–C) groups is 2.